The quantitative estimate of drug-likeness (QED) is 0.567. The molecule has 3 N–H and O–H groups in total. The molecule has 84 valence electrons. The number of benzene rings is 1. The highest BCUT2D eigenvalue weighted by Gasteiger charge is 2.11. The first kappa shape index (κ1) is 12.2. The Morgan fingerprint density at radius 2 is 2.00 bits per heavy atom. The average Bonchev–Trinajstić information content (AvgIpc) is 2.21. The van der Waals surface area contributed by atoms with Crippen molar-refractivity contribution in [1.29, 1.82) is 0 Å². The van der Waals surface area contributed by atoms with Crippen molar-refractivity contribution in [1.82, 2.24) is 10.3 Å². The predicted molar refractivity (Wildman–Crippen MR) is 64.4 cm³/mol. The zero-order valence-electron chi connectivity index (χ0n) is 9.83. The maximum absolute atomic E-state index is 5.59. The highest BCUT2D eigenvalue weighted by molar-refractivity contribution is 5.28. The Balaban J connectivity index is 2.70. The lowest BCUT2D eigenvalue weighted by atomic mass is 9.99. The highest BCUT2D eigenvalue weighted by Crippen LogP contribution is 2.19. The molecule has 3 nitrogen and oxygen atoms in total. The number of hydrazine groups is 1. The molecule has 0 aliphatic heterocycles. The number of nitrogens with two attached hydrogens (primary N) is 1. The van der Waals surface area contributed by atoms with E-state index < -0.39 is 0 Å². The van der Waals surface area contributed by atoms with Gasteiger partial charge in [-0.15, -0.1) is 0 Å². The van der Waals surface area contributed by atoms with Crippen LogP contribution in [0.15, 0.2) is 24.3 Å². The second kappa shape index (κ2) is 5.85. The molecule has 0 amide bonds. The molecular formula is C12H21N3. The fourth-order valence-electron chi connectivity index (χ4n) is 1.69. The van der Waals surface area contributed by atoms with Crippen LogP contribution in [0.2, 0.25) is 0 Å². The van der Waals surface area contributed by atoms with Crippen molar-refractivity contribution in [2.45, 2.75) is 19.4 Å². The van der Waals surface area contributed by atoms with Gasteiger partial charge in [0.2, 0.25) is 0 Å². The summed E-state index contributed by atoms with van der Waals surface area (Å²) >= 11 is 0. The second-order valence-electron chi connectivity index (χ2n) is 4.17. The zero-order valence-corrected chi connectivity index (χ0v) is 9.83. The van der Waals surface area contributed by atoms with Crippen molar-refractivity contribution in [3.8, 4) is 0 Å². The van der Waals surface area contributed by atoms with Gasteiger partial charge in [-0.2, -0.15) is 0 Å². The lowest BCUT2D eigenvalue weighted by Crippen LogP contribution is -2.31. The second-order valence-corrected chi connectivity index (χ2v) is 4.17. The molecule has 0 saturated heterocycles. The van der Waals surface area contributed by atoms with Crippen LogP contribution in [0.25, 0.3) is 0 Å². The minimum absolute atomic E-state index is 0.244. The third-order valence-electron chi connectivity index (χ3n) is 2.63. The largest absolute Gasteiger partial charge is 0.309 e. The Morgan fingerprint density at radius 3 is 2.53 bits per heavy atom. The zero-order chi connectivity index (χ0) is 11.3. The lowest BCUT2D eigenvalue weighted by molar-refractivity contribution is 0.362. The normalized spacial score (nSPS) is 13.1. The Bertz CT molecular complexity index is 297. The molecule has 0 aromatic heterocycles. The summed E-state index contributed by atoms with van der Waals surface area (Å²) in [5, 5.41) is 0. The number of hydrogen-bond acceptors (Lipinski definition) is 3. The standard InChI is InChI=1S/C12H21N3/c1-10-6-4-5-7-11(10)12(14-13)8-9-15(2)3/h4-7,12,14H,8-9,13H2,1-3H3. The first-order chi connectivity index (χ1) is 7.15. The van der Waals surface area contributed by atoms with Gasteiger partial charge in [0.05, 0.1) is 0 Å². The summed E-state index contributed by atoms with van der Waals surface area (Å²) in [4.78, 5) is 2.17. The van der Waals surface area contributed by atoms with Gasteiger partial charge in [0.15, 0.2) is 0 Å². The van der Waals surface area contributed by atoms with Crippen LogP contribution < -0.4 is 11.3 Å². The summed E-state index contributed by atoms with van der Waals surface area (Å²) < 4.78 is 0. The summed E-state index contributed by atoms with van der Waals surface area (Å²) in [6.07, 6.45) is 1.02. The predicted octanol–water partition coefficient (Wildman–Crippen LogP) is 1.45. The maximum Gasteiger partial charge on any atom is 0.0474 e. The Morgan fingerprint density at radius 1 is 1.33 bits per heavy atom. The van der Waals surface area contributed by atoms with Gasteiger partial charge < -0.3 is 4.90 Å². The van der Waals surface area contributed by atoms with E-state index >= 15 is 0 Å². The van der Waals surface area contributed by atoms with Crippen LogP contribution in [0.4, 0.5) is 0 Å². The van der Waals surface area contributed by atoms with Gasteiger partial charge in [0, 0.05) is 6.04 Å². The molecule has 1 aromatic carbocycles. The number of rotatable bonds is 5. The molecule has 0 heterocycles. The van der Waals surface area contributed by atoms with E-state index in [2.05, 4.69) is 55.6 Å². The molecule has 0 aliphatic carbocycles. The fraction of sp³-hybridized carbons (Fsp3) is 0.500. The van der Waals surface area contributed by atoms with Crippen molar-refractivity contribution in [2.75, 3.05) is 20.6 Å². The third kappa shape index (κ3) is 3.63. The number of nitrogens with zero attached hydrogens (tertiary/aromatic N) is 1. The molecule has 0 spiro atoms. The van der Waals surface area contributed by atoms with Crippen LogP contribution in [-0.2, 0) is 0 Å². The van der Waals surface area contributed by atoms with Gasteiger partial charge >= 0.3 is 0 Å². The summed E-state index contributed by atoms with van der Waals surface area (Å²) in [6, 6.07) is 8.61. The molecule has 0 saturated carbocycles. The maximum atomic E-state index is 5.59. The molecule has 0 aliphatic rings. The third-order valence-corrected chi connectivity index (χ3v) is 2.63. The van der Waals surface area contributed by atoms with Gasteiger partial charge in [-0.25, -0.2) is 0 Å². The van der Waals surface area contributed by atoms with Crippen molar-refractivity contribution in [3.63, 3.8) is 0 Å². The number of aryl methyl sites for hydroxylation is 1. The average molecular weight is 207 g/mol. The Hall–Kier alpha value is -0.900. The van der Waals surface area contributed by atoms with E-state index in [-0.39, 0.29) is 6.04 Å². The Kier molecular flexibility index (Phi) is 4.75. The molecule has 1 unspecified atom stereocenters. The molecule has 0 fully saturated rings. The van der Waals surface area contributed by atoms with E-state index in [0.717, 1.165) is 13.0 Å². The van der Waals surface area contributed by atoms with Crippen LogP contribution >= 0.6 is 0 Å². The van der Waals surface area contributed by atoms with Crippen molar-refractivity contribution < 1.29 is 0 Å². The molecule has 15 heavy (non-hydrogen) atoms. The summed E-state index contributed by atoms with van der Waals surface area (Å²) in [6.45, 7) is 3.15. The molecule has 1 rings (SSSR count). The fourth-order valence-corrected chi connectivity index (χ4v) is 1.69. The molecule has 0 radical (unpaired) electrons. The van der Waals surface area contributed by atoms with Crippen LogP contribution in [0.5, 0.6) is 0 Å². The van der Waals surface area contributed by atoms with E-state index in [1.165, 1.54) is 11.1 Å². The van der Waals surface area contributed by atoms with Crippen LogP contribution in [0.3, 0.4) is 0 Å². The molecule has 1 atom stereocenters. The van der Waals surface area contributed by atoms with Crippen LogP contribution in [0.1, 0.15) is 23.6 Å². The van der Waals surface area contributed by atoms with E-state index in [0.29, 0.717) is 0 Å². The number of nitrogens with one attached hydrogen (secondary N) is 1. The van der Waals surface area contributed by atoms with E-state index in [4.69, 9.17) is 5.84 Å². The van der Waals surface area contributed by atoms with Crippen molar-refractivity contribution in [3.05, 3.63) is 35.4 Å². The highest BCUT2D eigenvalue weighted by atomic mass is 15.2. The van der Waals surface area contributed by atoms with Gasteiger partial charge in [-0.05, 0) is 45.1 Å². The minimum Gasteiger partial charge on any atom is -0.309 e. The molecular weight excluding hydrogens is 186 g/mol. The molecule has 1 aromatic rings. The molecule has 3 heteroatoms. The van der Waals surface area contributed by atoms with Crippen molar-refractivity contribution in [2.24, 2.45) is 5.84 Å². The monoisotopic (exact) mass is 207 g/mol. The minimum atomic E-state index is 0.244. The SMILES string of the molecule is Cc1ccccc1C(CCN(C)C)NN. The van der Waals surface area contributed by atoms with Crippen LogP contribution in [0, 0.1) is 6.92 Å². The first-order valence-corrected chi connectivity index (χ1v) is 5.31. The van der Waals surface area contributed by atoms with Gasteiger partial charge in [0.25, 0.3) is 0 Å². The smallest absolute Gasteiger partial charge is 0.0474 e. The first-order valence-electron chi connectivity index (χ1n) is 5.31. The van der Waals surface area contributed by atoms with Gasteiger partial charge in [-0.3, -0.25) is 11.3 Å². The van der Waals surface area contributed by atoms with E-state index in [1.54, 1.807) is 0 Å². The van der Waals surface area contributed by atoms with Gasteiger partial charge in [0.1, 0.15) is 0 Å². The summed E-state index contributed by atoms with van der Waals surface area (Å²) in [7, 11) is 4.15. The Labute approximate surface area is 92.2 Å². The molecule has 0 bridgehead atoms. The summed E-state index contributed by atoms with van der Waals surface area (Å²) in [5.41, 5.74) is 5.47. The van der Waals surface area contributed by atoms with E-state index in [9.17, 15) is 0 Å². The number of hydrogen-bond donors (Lipinski definition) is 2. The van der Waals surface area contributed by atoms with Crippen LogP contribution in [-0.4, -0.2) is 25.5 Å². The lowest BCUT2D eigenvalue weighted by Gasteiger charge is -2.20. The van der Waals surface area contributed by atoms with Crippen molar-refractivity contribution >= 4 is 0 Å². The van der Waals surface area contributed by atoms with Gasteiger partial charge in [-0.1, -0.05) is 24.3 Å². The topological polar surface area (TPSA) is 41.3 Å². The summed E-state index contributed by atoms with van der Waals surface area (Å²) in [5.74, 6) is 5.59. The van der Waals surface area contributed by atoms with E-state index in [1.807, 2.05) is 0 Å².